The second-order valence-corrected chi connectivity index (χ2v) is 17.2. The van der Waals surface area contributed by atoms with Gasteiger partial charge in [-0.25, -0.2) is 0 Å². The average Bonchev–Trinajstić information content (AvgIpc) is 3.09. The highest BCUT2D eigenvalue weighted by Gasteiger charge is 2.41. The molecule has 1 saturated carbocycles. The summed E-state index contributed by atoms with van der Waals surface area (Å²) in [6, 6.07) is 22.2. The Bertz CT molecular complexity index is 708. The first kappa shape index (κ1) is 17.6. The van der Waals surface area contributed by atoms with Crippen LogP contribution in [0.5, 0.6) is 0 Å². The molecule has 0 spiro atoms. The Hall–Kier alpha value is -1.26. The molecule has 1 aliphatic rings. The fraction of sp³-hybridized carbons (Fsp3) is 0.364. The zero-order chi connectivity index (χ0) is 17.2. The van der Waals surface area contributed by atoms with Crippen LogP contribution in [0.4, 0.5) is 0 Å². The lowest BCUT2D eigenvalue weighted by Gasteiger charge is -2.33. The van der Waals surface area contributed by atoms with Gasteiger partial charge >= 0.3 is 0 Å². The van der Waals surface area contributed by atoms with Crippen molar-refractivity contribution in [2.24, 2.45) is 0 Å². The number of hydrogen-bond donors (Lipinski definition) is 0. The minimum Gasteiger partial charge on any atom is -0.125 e. The van der Waals surface area contributed by atoms with Crippen LogP contribution in [0.25, 0.3) is 0 Å². The van der Waals surface area contributed by atoms with Gasteiger partial charge in [-0.2, -0.15) is 0 Å². The van der Waals surface area contributed by atoms with Crippen molar-refractivity contribution in [2.75, 3.05) is 0 Å². The van der Waals surface area contributed by atoms with Crippen molar-refractivity contribution >= 4 is 31.0 Å². The zero-order valence-corrected chi connectivity index (χ0v) is 17.1. The van der Waals surface area contributed by atoms with Gasteiger partial charge in [-0.05, 0) is 41.5 Å². The van der Waals surface area contributed by atoms with Gasteiger partial charge in [0, 0.05) is 8.07 Å². The summed E-state index contributed by atoms with van der Waals surface area (Å²) in [5.41, 5.74) is 5.28. The van der Waals surface area contributed by atoms with E-state index in [-0.39, 0.29) is 0 Å². The Balaban J connectivity index is 2.13. The van der Waals surface area contributed by atoms with E-state index in [1.807, 2.05) is 0 Å². The van der Waals surface area contributed by atoms with Crippen LogP contribution in [0.15, 0.2) is 67.2 Å². The van der Waals surface area contributed by atoms with Crippen molar-refractivity contribution in [1.29, 1.82) is 0 Å². The number of hydrogen-bond acceptors (Lipinski definition) is 0. The van der Waals surface area contributed by atoms with E-state index in [1.54, 1.807) is 0 Å². The van der Waals surface area contributed by atoms with Crippen molar-refractivity contribution in [2.45, 2.75) is 50.1 Å². The molecule has 1 fully saturated rings. The molecular formula is C22H29PSi. The predicted octanol–water partition coefficient (Wildman–Crippen LogP) is 5.50. The van der Waals surface area contributed by atoms with Gasteiger partial charge in [0.1, 0.15) is 0 Å². The molecule has 0 N–H and O–H groups in total. The Labute approximate surface area is 148 Å². The summed E-state index contributed by atoms with van der Waals surface area (Å²) in [5.74, 6) is 0. The first-order chi connectivity index (χ1) is 11.5. The average molecular weight is 353 g/mol. The first-order valence-electron chi connectivity index (χ1n) is 9.03. The van der Waals surface area contributed by atoms with Crippen LogP contribution >= 0.6 is 6.89 Å². The van der Waals surface area contributed by atoms with Crippen LogP contribution in [0.2, 0.25) is 25.2 Å². The van der Waals surface area contributed by atoms with E-state index in [0.717, 1.165) is 5.54 Å². The minimum atomic E-state index is -1.68. The second-order valence-electron chi connectivity index (χ2n) is 8.08. The molecular weight excluding hydrogens is 323 g/mol. The third-order valence-electron chi connectivity index (χ3n) is 5.75. The van der Waals surface area contributed by atoms with E-state index < -0.39 is 15.0 Å². The van der Waals surface area contributed by atoms with Gasteiger partial charge in [0.25, 0.3) is 0 Å². The van der Waals surface area contributed by atoms with Crippen LogP contribution in [0.3, 0.4) is 0 Å². The summed E-state index contributed by atoms with van der Waals surface area (Å²) < 4.78 is 0. The van der Waals surface area contributed by atoms with Crippen molar-refractivity contribution in [3.05, 3.63) is 67.2 Å². The van der Waals surface area contributed by atoms with E-state index in [4.69, 9.17) is 0 Å². The summed E-state index contributed by atoms with van der Waals surface area (Å²) in [6.45, 7) is 10.2. The Kier molecular flexibility index (Phi) is 5.07. The Morgan fingerprint density at radius 3 is 1.75 bits per heavy atom. The molecule has 0 saturated heterocycles. The monoisotopic (exact) mass is 352 g/mol. The van der Waals surface area contributed by atoms with E-state index in [0.29, 0.717) is 5.66 Å². The van der Waals surface area contributed by atoms with Gasteiger partial charge in [-0.15, -0.1) is 5.45 Å². The van der Waals surface area contributed by atoms with Crippen LogP contribution in [-0.4, -0.2) is 19.2 Å². The molecule has 2 aromatic rings. The van der Waals surface area contributed by atoms with E-state index in [2.05, 4.69) is 92.3 Å². The molecule has 2 atom stereocenters. The molecule has 0 amide bonds. The maximum Gasteiger partial charge on any atom is 0.0474 e. The van der Waals surface area contributed by atoms with Crippen molar-refractivity contribution in [3.63, 3.8) is 0 Å². The quantitative estimate of drug-likeness (QED) is 0.503. The van der Waals surface area contributed by atoms with Gasteiger partial charge < -0.3 is 0 Å². The molecule has 0 aliphatic heterocycles. The molecule has 2 unspecified atom stereocenters. The molecule has 0 bridgehead atoms. The summed E-state index contributed by atoms with van der Waals surface area (Å²) >= 11 is 0. The number of rotatable bonds is 4. The van der Waals surface area contributed by atoms with E-state index >= 15 is 0 Å². The lowest BCUT2D eigenvalue weighted by atomic mass is 10.3. The maximum absolute atomic E-state index is 4.25. The molecule has 24 heavy (non-hydrogen) atoms. The molecule has 3 rings (SSSR count). The number of benzene rings is 2. The molecule has 1 aliphatic carbocycles. The molecule has 0 radical (unpaired) electrons. The van der Waals surface area contributed by atoms with Gasteiger partial charge in [0.2, 0.25) is 0 Å². The van der Waals surface area contributed by atoms with Crippen LogP contribution in [-0.2, 0) is 0 Å². The summed E-state index contributed by atoms with van der Waals surface area (Å²) in [7, 11) is -1.09. The van der Waals surface area contributed by atoms with Gasteiger partial charge in [-0.1, -0.05) is 93.3 Å². The van der Waals surface area contributed by atoms with Crippen LogP contribution in [0.1, 0.15) is 19.3 Å². The third-order valence-corrected chi connectivity index (χ3v) is 13.0. The van der Waals surface area contributed by atoms with E-state index in [9.17, 15) is 0 Å². The Morgan fingerprint density at radius 1 is 0.875 bits per heavy atom. The predicted molar refractivity (Wildman–Crippen MR) is 114 cm³/mol. The second kappa shape index (κ2) is 6.93. The topological polar surface area (TPSA) is 0 Å². The van der Waals surface area contributed by atoms with Gasteiger partial charge in [0.15, 0.2) is 0 Å². The lowest BCUT2D eigenvalue weighted by Crippen LogP contribution is -2.29. The van der Waals surface area contributed by atoms with Crippen LogP contribution < -0.4 is 10.6 Å². The third kappa shape index (κ3) is 3.14. The molecule has 0 nitrogen and oxygen atoms in total. The molecule has 2 heteroatoms. The molecule has 126 valence electrons. The summed E-state index contributed by atoms with van der Waals surface area (Å²) in [5, 5.41) is 2.90. The van der Waals surface area contributed by atoms with Crippen molar-refractivity contribution in [3.8, 4) is 0 Å². The lowest BCUT2D eigenvalue weighted by molar-refractivity contribution is 0.840. The SMILES string of the molecule is C=C=P(c1ccccc1)(c1ccccc1)C1CCC([Si](C)(C)C)C1. The first-order valence-corrected chi connectivity index (χ1v) is 14.5. The summed E-state index contributed by atoms with van der Waals surface area (Å²) in [6.07, 6.45) is 4.08. The maximum atomic E-state index is 4.25. The highest BCUT2D eigenvalue weighted by Crippen LogP contribution is 2.58. The zero-order valence-electron chi connectivity index (χ0n) is 15.2. The smallest absolute Gasteiger partial charge is 0.0474 e. The highest BCUT2D eigenvalue weighted by atomic mass is 31.2. The highest BCUT2D eigenvalue weighted by molar-refractivity contribution is 7.88. The standard InChI is InChI=1S/C22H29PSi/c1-5-23(19-12-8-6-9-13-19,20-14-10-7-11-15-20)21-16-17-22(18-21)24(2,3)4/h6-15,21-22H,1,16-18H2,2-4H3. The summed E-state index contributed by atoms with van der Waals surface area (Å²) in [4.78, 5) is 0. The van der Waals surface area contributed by atoms with Crippen LogP contribution in [0, 0.1) is 0 Å². The van der Waals surface area contributed by atoms with E-state index in [1.165, 1.54) is 29.9 Å². The Morgan fingerprint density at radius 2 is 1.38 bits per heavy atom. The normalized spacial score (nSPS) is 21.5. The fourth-order valence-corrected chi connectivity index (χ4v) is 10.7. The molecule has 0 heterocycles. The van der Waals surface area contributed by atoms with Gasteiger partial charge in [-0.3, -0.25) is 0 Å². The molecule has 0 aromatic heterocycles. The minimum absolute atomic E-state index is 0.705. The van der Waals surface area contributed by atoms with Crippen molar-refractivity contribution in [1.82, 2.24) is 0 Å². The molecule has 2 aromatic carbocycles. The van der Waals surface area contributed by atoms with Crippen molar-refractivity contribution < 1.29 is 0 Å². The largest absolute Gasteiger partial charge is 0.125 e. The van der Waals surface area contributed by atoms with Gasteiger partial charge in [0.05, 0.1) is 0 Å². The fourth-order valence-electron chi connectivity index (χ4n) is 4.30.